The molecule has 3 heterocycles. The average molecular weight is 366 g/mol. The standard InChI is InChI=1S/C15H16ClN5O2S/c1-2-20(13(22)10-19-6-7-24-15(19)23)12-9-21(18-14(12)16)11-4-3-5-17-8-11/h3-5,8-9H,2,6-7,10H2,1H3. The summed E-state index contributed by atoms with van der Waals surface area (Å²) in [6, 6.07) is 3.64. The smallest absolute Gasteiger partial charge is 0.282 e. The zero-order valence-corrected chi connectivity index (χ0v) is 14.6. The maximum absolute atomic E-state index is 12.6. The Kier molecular flexibility index (Phi) is 5.06. The summed E-state index contributed by atoms with van der Waals surface area (Å²) in [6.45, 7) is 2.94. The van der Waals surface area contributed by atoms with Crippen molar-refractivity contribution in [2.24, 2.45) is 0 Å². The monoisotopic (exact) mass is 365 g/mol. The van der Waals surface area contributed by atoms with Gasteiger partial charge in [-0.15, -0.1) is 0 Å². The number of carbonyl (C=O) groups excluding carboxylic acids is 2. The number of aromatic nitrogens is 3. The van der Waals surface area contributed by atoms with E-state index in [-0.39, 0.29) is 22.8 Å². The van der Waals surface area contributed by atoms with Crippen LogP contribution in [0.15, 0.2) is 30.7 Å². The summed E-state index contributed by atoms with van der Waals surface area (Å²) < 4.78 is 1.58. The third kappa shape index (κ3) is 3.39. The van der Waals surface area contributed by atoms with Crippen LogP contribution in [0.4, 0.5) is 10.5 Å². The highest BCUT2D eigenvalue weighted by Crippen LogP contribution is 2.26. The fourth-order valence-electron chi connectivity index (χ4n) is 2.45. The second-order valence-corrected chi connectivity index (χ2v) is 6.54. The number of halogens is 1. The van der Waals surface area contributed by atoms with Gasteiger partial charge in [-0.1, -0.05) is 23.4 Å². The maximum atomic E-state index is 12.6. The van der Waals surface area contributed by atoms with Gasteiger partial charge in [0.05, 0.1) is 18.1 Å². The maximum Gasteiger partial charge on any atom is 0.282 e. The largest absolute Gasteiger partial charge is 0.323 e. The zero-order valence-electron chi connectivity index (χ0n) is 13.1. The normalized spacial score (nSPS) is 14.2. The molecule has 9 heteroatoms. The molecule has 1 fully saturated rings. The average Bonchev–Trinajstić information content (AvgIpc) is 3.16. The summed E-state index contributed by atoms with van der Waals surface area (Å²) in [6.07, 6.45) is 5.02. The lowest BCUT2D eigenvalue weighted by Crippen LogP contribution is -2.40. The minimum absolute atomic E-state index is 0.0497. The molecule has 2 aromatic heterocycles. The zero-order chi connectivity index (χ0) is 17.1. The van der Waals surface area contributed by atoms with E-state index in [2.05, 4.69) is 10.1 Å². The second kappa shape index (κ2) is 7.23. The number of carbonyl (C=O) groups is 2. The van der Waals surface area contributed by atoms with Crippen LogP contribution in [0.1, 0.15) is 6.92 Å². The number of rotatable bonds is 5. The highest BCUT2D eigenvalue weighted by Gasteiger charge is 2.27. The lowest BCUT2D eigenvalue weighted by Gasteiger charge is -2.22. The molecule has 0 atom stereocenters. The van der Waals surface area contributed by atoms with Gasteiger partial charge in [0.15, 0.2) is 5.15 Å². The predicted octanol–water partition coefficient (Wildman–Crippen LogP) is 2.44. The SMILES string of the molecule is CCN(C(=O)CN1CCSC1=O)c1cn(-c2cccnc2)nc1Cl. The van der Waals surface area contributed by atoms with Gasteiger partial charge in [-0.2, -0.15) is 5.10 Å². The van der Waals surface area contributed by atoms with Crippen molar-refractivity contribution in [2.45, 2.75) is 6.92 Å². The van der Waals surface area contributed by atoms with Crippen LogP contribution in [0.2, 0.25) is 5.15 Å². The van der Waals surface area contributed by atoms with Crippen LogP contribution in [-0.4, -0.2) is 56.2 Å². The van der Waals surface area contributed by atoms with Crippen molar-refractivity contribution < 1.29 is 9.59 Å². The van der Waals surface area contributed by atoms with Crippen LogP contribution in [-0.2, 0) is 4.79 Å². The fraction of sp³-hybridized carbons (Fsp3) is 0.333. The molecule has 0 bridgehead atoms. The summed E-state index contributed by atoms with van der Waals surface area (Å²) in [7, 11) is 0. The molecule has 0 aliphatic carbocycles. The van der Waals surface area contributed by atoms with Crippen LogP contribution in [0.25, 0.3) is 5.69 Å². The van der Waals surface area contributed by atoms with Crippen LogP contribution in [0, 0.1) is 0 Å². The van der Waals surface area contributed by atoms with E-state index in [1.807, 2.05) is 13.0 Å². The first-order valence-electron chi connectivity index (χ1n) is 7.47. The molecule has 1 saturated heterocycles. The van der Waals surface area contributed by atoms with E-state index in [4.69, 9.17) is 11.6 Å². The summed E-state index contributed by atoms with van der Waals surface area (Å²) in [4.78, 5) is 31.4. The molecule has 7 nitrogen and oxygen atoms in total. The van der Waals surface area contributed by atoms with Gasteiger partial charge in [0.1, 0.15) is 12.2 Å². The minimum atomic E-state index is -0.180. The first kappa shape index (κ1) is 16.8. The van der Waals surface area contributed by atoms with Gasteiger partial charge in [0.2, 0.25) is 5.91 Å². The molecule has 24 heavy (non-hydrogen) atoms. The van der Waals surface area contributed by atoms with E-state index in [1.165, 1.54) is 11.8 Å². The lowest BCUT2D eigenvalue weighted by molar-refractivity contribution is -0.119. The van der Waals surface area contributed by atoms with E-state index >= 15 is 0 Å². The molecule has 0 spiro atoms. The molecule has 0 radical (unpaired) electrons. The number of nitrogens with zero attached hydrogens (tertiary/aromatic N) is 5. The molecule has 3 rings (SSSR count). The van der Waals surface area contributed by atoms with E-state index in [9.17, 15) is 9.59 Å². The summed E-state index contributed by atoms with van der Waals surface area (Å²) >= 11 is 7.46. The molecule has 2 amide bonds. The predicted molar refractivity (Wildman–Crippen MR) is 93.8 cm³/mol. The number of pyridine rings is 1. The van der Waals surface area contributed by atoms with Gasteiger partial charge >= 0.3 is 0 Å². The Balaban J connectivity index is 1.81. The number of hydrogen-bond acceptors (Lipinski definition) is 5. The number of amides is 2. The second-order valence-electron chi connectivity index (χ2n) is 5.13. The van der Waals surface area contributed by atoms with Crippen LogP contribution in [0.3, 0.4) is 0 Å². The highest BCUT2D eigenvalue weighted by atomic mass is 35.5. The van der Waals surface area contributed by atoms with Crippen LogP contribution >= 0.6 is 23.4 Å². The third-order valence-corrected chi connectivity index (χ3v) is 4.80. The van der Waals surface area contributed by atoms with Gasteiger partial charge < -0.3 is 9.80 Å². The quantitative estimate of drug-likeness (QED) is 0.813. The molecular formula is C15H16ClN5O2S. The molecule has 0 N–H and O–H groups in total. The molecule has 1 aliphatic heterocycles. The third-order valence-electron chi connectivity index (χ3n) is 3.64. The Morgan fingerprint density at radius 2 is 2.33 bits per heavy atom. The number of likely N-dealkylation sites (N-methyl/N-ethyl adjacent to an activating group) is 1. The van der Waals surface area contributed by atoms with Crippen molar-refractivity contribution in [1.82, 2.24) is 19.7 Å². The fourth-order valence-corrected chi connectivity index (χ4v) is 3.50. The van der Waals surface area contributed by atoms with E-state index in [1.54, 1.807) is 39.1 Å². The van der Waals surface area contributed by atoms with E-state index in [0.717, 1.165) is 11.4 Å². The topological polar surface area (TPSA) is 71.3 Å². The van der Waals surface area contributed by atoms with Crippen molar-refractivity contribution in [2.75, 3.05) is 30.3 Å². The molecule has 0 aromatic carbocycles. The van der Waals surface area contributed by atoms with Crippen molar-refractivity contribution >= 4 is 40.2 Å². The Bertz CT molecular complexity index is 752. The first-order valence-corrected chi connectivity index (χ1v) is 8.84. The van der Waals surface area contributed by atoms with Crippen molar-refractivity contribution in [1.29, 1.82) is 0 Å². The summed E-state index contributed by atoms with van der Waals surface area (Å²) in [5.41, 5.74) is 1.27. The van der Waals surface area contributed by atoms with Gasteiger partial charge in [-0.25, -0.2) is 4.68 Å². The van der Waals surface area contributed by atoms with Gasteiger partial charge in [-0.05, 0) is 19.1 Å². The first-order chi connectivity index (χ1) is 11.6. The molecule has 1 aliphatic rings. The number of hydrogen-bond donors (Lipinski definition) is 0. The lowest BCUT2D eigenvalue weighted by atomic mass is 10.3. The molecule has 2 aromatic rings. The molecule has 0 saturated carbocycles. The number of thioether (sulfide) groups is 1. The summed E-state index contributed by atoms with van der Waals surface area (Å²) in [5, 5.41) is 4.42. The highest BCUT2D eigenvalue weighted by molar-refractivity contribution is 8.13. The van der Waals surface area contributed by atoms with Gasteiger partial charge in [-0.3, -0.25) is 14.6 Å². The molecule has 126 valence electrons. The number of anilines is 1. The van der Waals surface area contributed by atoms with Gasteiger partial charge in [0.25, 0.3) is 5.24 Å². The minimum Gasteiger partial charge on any atom is -0.323 e. The van der Waals surface area contributed by atoms with Crippen molar-refractivity contribution in [3.63, 3.8) is 0 Å². The Labute approximate surface area is 148 Å². The summed E-state index contributed by atoms with van der Waals surface area (Å²) in [5.74, 6) is 0.541. The Hall–Kier alpha value is -2.06. The molecule has 0 unspecified atom stereocenters. The van der Waals surface area contributed by atoms with Crippen molar-refractivity contribution in [3.05, 3.63) is 35.9 Å². The van der Waals surface area contributed by atoms with Crippen molar-refractivity contribution in [3.8, 4) is 5.69 Å². The Morgan fingerprint density at radius 3 is 2.96 bits per heavy atom. The van der Waals surface area contributed by atoms with Crippen LogP contribution < -0.4 is 4.90 Å². The van der Waals surface area contributed by atoms with Gasteiger partial charge in [0, 0.05) is 25.0 Å². The Morgan fingerprint density at radius 1 is 1.50 bits per heavy atom. The van der Waals surface area contributed by atoms with Crippen LogP contribution in [0.5, 0.6) is 0 Å². The van der Waals surface area contributed by atoms with E-state index < -0.39 is 0 Å². The van der Waals surface area contributed by atoms with E-state index in [0.29, 0.717) is 18.8 Å². The molecular weight excluding hydrogens is 350 g/mol.